The van der Waals surface area contributed by atoms with Crippen molar-refractivity contribution in [1.29, 1.82) is 0 Å². The van der Waals surface area contributed by atoms with Crippen LogP contribution in [-0.2, 0) is 16.6 Å². The zero-order valence-corrected chi connectivity index (χ0v) is 11.8. The van der Waals surface area contributed by atoms with Crippen molar-refractivity contribution in [2.75, 3.05) is 0 Å². The molecule has 0 atom stereocenters. The van der Waals surface area contributed by atoms with E-state index in [9.17, 15) is 12.8 Å². The molecule has 0 radical (unpaired) electrons. The van der Waals surface area contributed by atoms with Gasteiger partial charge in [-0.05, 0) is 47.3 Å². The minimum atomic E-state index is -3.72. The molecule has 3 aromatic rings. The number of H-pyrrole nitrogens is 1. The van der Waals surface area contributed by atoms with Crippen LogP contribution in [0.3, 0.4) is 0 Å². The van der Waals surface area contributed by atoms with Crippen molar-refractivity contribution < 1.29 is 12.8 Å². The Balaban J connectivity index is 1.79. The Hall–Kier alpha value is -2.18. The molecule has 0 spiro atoms. The normalized spacial score (nSPS) is 11.9. The lowest BCUT2D eigenvalue weighted by atomic mass is 10.1. The number of hydrogen-bond donors (Lipinski definition) is 2. The van der Waals surface area contributed by atoms with Gasteiger partial charge in [0.15, 0.2) is 0 Å². The molecule has 1 heterocycles. The van der Waals surface area contributed by atoms with Crippen LogP contribution < -0.4 is 4.72 Å². The van der Waals surface area contributed by atoms with E-state index >= 15 is 0 Å². The van der Waals surface area contributed by atoms with Gasteiger partial charge in [-0.2, -0.15) is 0 Å². The number of nitrogens with one attached hydrogen (secondary N) is 2. The van der Waals surface area contributed by atoms with Gasteiger partial charge in [0.2, 0.25) is 10.0 Å². The van der Waals surface area contributed by atoms with Crippen LogP contribution in [0.5, 0.6) is 0 Å². The highest BCUT2D eigenvalue weighted by Crippen LogP contribution is 2.15. The largest absolute Gasteiger partial charge is 0.361 e. The number of sulfonamides is 1. The molecule has 108 valence electrons. The maximum absolute atomic E-state index is 13.1. The summed E-state index contributed by atoms with van der Waals surface area (Å²) in [6, 6.07) is 12.5. The summed E-state index contributed by atoms with van der Waals surface area (Å²) >= 11 is 0. The van der Waals surface area contributed by atoms with Crippen molar-refractivity contribution in [2.24, 2.45) is 0 Å². The molecule has 0 aliphatic carbocycles. The Labute approximate surface area is 121 Å². The highest BCUT2D eigenvalue weighted by atomic mass is 32.2. The van der Waals surface area contributed by atoms with Gasteiger partial charge in [0.25, 0.3) is 0 Å². The van der Waals surface area contributed by atoms with Gasteiger partial charge in [0.1, 0.15) is 5.82 Å². The lowest BCUT2D eigenvalue weighted by Gasteiger charge is -2.07. The first-order valence-corrected chi connectivity index (χ1v) is 7.84. The minimum absolute atomic E-state index is 0.0785. The fraction of sp³-hybridized carbons (Fsp3) is 0.0667. The van der Waals surface area contributed by atoms with Gasteiger partial charge < -0.3 is 4.98 Å². The summed E-state index contributed by atoms with van der Waals surface area (Å²) in [5.74, 6) is -0.577. The number of aromatic amines is 1. The Kier molecular flexibility index (Phi) is 3.48. The first kappa shape index (κ1) is 13.8. The van der Waals surface area contributed by atoms with E-state index in [1.165, 1.54) is 18.2 Å². The summed E-state index contributed by atoms with van der Waals surface area (Å²) in [7, 11) is -3.72. The van der Waals surface area contributed by atoms with Gasteiger partial charge >= 0.3 is 0 Å². The third-order valence-electron chi connectivity index (χ3n) is 3.19. The number of halogens is 1. The lowest BCUT2D eigenvalue weighted by molar-refractivity contribution is 0.577. The first-order chi connectivity index (χ1) is 10.0. The number of benzene rings is 2. The predicted molar refractivity (Wildman–Crippen MR) is 78.7 cm³/mol. The highest BCUT2D eigenvalue weighted by Gasteiger charge is 2.14. The molecule has 0 bridgehead atoms. The Morgan fingerprint density at radius 3 is 2.76 bits per heavy atom. The van der Waals surface area contributed by atoms with Crippen molar-refractivity contribution in [1.82, 2.24) is 9.71 Å². The topological polar surface area (TPSA) is 62.0 Å². The molecule has 0 saturated heterocycles. The van der Waals surface area contributed by atoms with Crippen LogP contribution >= 0.6 is 0 Å². The van der Waals surface area contributed by atoms with Crippen molar-refractivity contribution in [3.05, 3.63) is 66.1 Å². The van der Waals surface area contributed by atoms with Crippen LogP contribution in [0.25, 0.3) is 10.9 Å². The Morgan fingerprint density at radius 1 is 1.10 bits per heavy atom. The maximum atomic E-state index is 13.1. The molecular weight excluding hydrogens is 291 g/mol. The number of aromatic nitrogens is 1. The zero-order chi connectivity index (χ0) is 14.9. The van der Waals surface area contributed by atoms with Gasteiger partial charge in [0.05, 0.1) is 4.90 Å². The second kappa shape index (κ2) is 5.31. The van der Waals surface area contributed by atoms with Crippen molar-refractivity contribution in [2.45, 2.75) is 11.4 Å². The summed E-state index contributed by atoms with van der Waals surface area (Å²) < 4.78 is 39.7. The molecule has 0 aliphatic rings. The molecule has 0 fully saturated rings. The van der Waals surface area contributed by atoms with Crippen molar-refractivity contribution in [3.8, 4) is 0 Å². The van der Waals surface area contributed by atoms with Crippen LogP contribution in [-0.4, -0.2) is 13.4 Å². The lowest BCUT2D eigenvalue weighted by Crippen LogP contribution is -2.23. The molecule has 21 heavy (non-hydrogen) atoms. The number of rotatable bonds is 4. The average Bonchev–Trinajstić information content (AvgIpc) is 2.93. The molecule has 2 N–H and O–H groups in total. The van der Waals surface area contributed by atoms with Gasteiger partial charge in [0, 0.05) is 18.3 Å². The fourth-order valence-electron chi connectivity index (χ4n) is 2.11. The molecular formula is C15H13FN2O2S. The molecule has 4 nitrogen and oxygen atoms in total. The summed E-state index contributed by atoms with van der Waals surface area (Å²) in [5.41, 5.74) is 1.83. The zero-order valence-electron chi connectivity index (χ0n) is 11.0. The van der Waals surface area contributed by atoms with Gasteiger partial charge in [-0.15, -0.1) is 0 Å². The van der Waals surface area contributed by atoms with E-state index in [4.69, 9.17) is 0 Å². The fourth-order valence-corrected chi connectivity index (χ4v) is 3.16. The average molecular weight is 304 g/mol. The first-order valence-electron chi connectivity index (χ1n) is 6.36. The molecule has 0 aliphatic heterocycles. The van der Waals surface area contributed by atoms with Crippen LogP contribution in [0.15, 0.2) is 59.6 Å². The summed E-state index contributed by atoms with van der Waals surface area (Å²) in [4.78, 5) is 2.99. The third kappa shape index (κ3) is 2.96. The van der Waals surface area contributed by atoms with Crippen molar-refractivity contribution in [3.63, 3.8) is 0 Å². The molecule has 0 unspecified atom stereocenters. The number of hydrogen-bond acceptors (Lipinski definition) is 2. The minimum Gasteiger partial charge on any atom is -0.361 e. The van der Waals surface area contributed by atoms with Gasteiger partial charge in [-0.3, -0.25) is 0 Å². The van der Waals surface area contributed by atoms with Crippen molar-refractivity contribution >= 4 is 20.9 Å². The van der Waals surface area contributed by atoms with E-state index in [-0.39, 0.29) is 11.4 Å². The smallest absolute Gasteiger partial charge is 0.240 e. The van der Waals surface area contributed by atoms with Gasteiger partial charge in [-0.1, -0.05) is 12.1 Å². The third-order valence-corrected chi connectivity index (χ3v) is 4.59. The van der Waals surface area contributed by atoms with Gasteiger partial charge in [-0.25, -0.2) is 17.5 Å². The molecule has 1 aromatic heterocycles. The summed E-state index contributed by atoms with van der Waals surface area (Å²) in [6.45, 7) is 0.153. The van der Waals surface area contributed by atoms with E-state index in [1.807, 2.05) is 30.5 Å². The molecule has 0 saturated carbocycles. The second-order valence-electron chi connectivity index (χ2n) is 4.68. The van der Waals surface area contributed by atoms with E-state index in [1.54, 1.807) is 0 Å². The number of fused-ring (bicyclic) bond motifs is 1. The summed E-state index contributed by atoms with van der Waals surface area (Å²) in [6.07, 6.45) is 1.82. The monoisotopic (exact) mass is 304 g/mol. The van der Waals surface area contributed by atoms with Crippen LogP contribution in [0, 0.1) is 5.82 Å². The maximum Gasteiger partial charge on any atom is 0.240 e. The van der Waals surface area contributed by atoms with Crippen LogP contribution in [0.2, 0.25) is 0 Å². The van der Waals surface area contributed by atoms with E-state index in [0.717, 1.165) is 22.5 Å². The van der Waals surface area contributed by atoms with E-state index < -0.39 is 15.8 Å². The molecule has 6 heteroatoms. The van der Waals surface area contributed by atoms with Crippen LogP contribution in [0.1, 0.15) is 5.56 Å². The quantitative estimate of drug-likeness (QED) is 0.778. The molecule has 0 amide bonds. The van der Waals surface area contributed by atoms with Crippen LogP contribution in [0.4, 0.5) is 4.39 Å². The molecule has 2 aromatic carbocycles. The van der Waals surface area contributed by atoms with E-state index in [0.29, 0.717) is 0 Å². The van der Waals surface area contributed by atoms with E-state index in [2.05, 4.69) is 9.71 Å². The highest BCUT2D eigenvalue weighted by molar-refractivity contribution is 7.89. The SMILES string of the molecule is O=S(=O)(NCc1ccc2[nH]ccc2c1)c1cccc(F)c1. The Morgan fingerprint density at radius 2 is 1.95 bits per heavy atom. The molecule has 3 rings (SSSR count). The standard InChI is InChI=1S/C15H13FN2O2S/c16-13-2-1-3-14(9-13)21(19,20)18-10-11-4-5-15-12(8-11)6-7-17-15/h1-9,17-18H,10H2. The summed E-state index contributed by atoms with van der Waals surface area (Å²) in [5, 5.41) is 1.01. The Bertz CT molecular complexity index is 887. The second-order valence-corrected chi connectivity index (χ2v) is 6.45. The predicted octanol–water partition coefficient (Wildman–Crippen LogP) is 2.79.